The van der Waals surface area contributed by atoms with Crippen molar-refractivity contribution in [1.29, 1.82) is 0 Å². The van der Waals surface area contributed by atoms with Crippen molar-refractivity contribution >= 4 is 30.7 Å². The summed E-state index contributed by atoms with van der Waals surface area (Å²) in [6.07, 6.45) is 3.44. The lowest BCUT2D eigenvalue weighted by molar-refractivity contribution is 0.0898. The summed E-state index contributed by atoms with van der Waals surface area (Å²) in [5.41, 5.74) is 3.51. The van der Waals surface area contributed by atoms with Crippen LogP contribution >= 0.6 is 11.6 Å². The molecule has 5 nitrogen and oxygen atoms in total. The predicted molar refractivity (Wildman–Crippen MR) is 105 cm³/mol. The molecular weight excluding hydrogens is 352 g/mol. The highest BCUT2D eigenvalue weighted by Gasteiger charge is 2.15. The van der Waals surface area contributed by atoms with Crippen molar-refractivity contribution in [2.45, 2.75) is 39.3 Å². The molecule has 0 unspecified atom stereocenters. The standard InChI is InChI=1S/C18H23ClN4OSi/c1-13-20-10-15(19)17(22-13)14-6-5-7-16-18(14)21-11-23(16)12-24-8-9-25(2,3)4/h5-7,10-11H,8-9,12H2,1-4H3. The number of benzene rings is 1. The van der Waals surface area contributed by atoms with Crippen LogP contribution in [0.3, 0.4) is 0 Å². The first-order valence-electron chi connectivity index (χ1n) is 8.36. The molecule has 0 spiro atoms. The maximum absolute atomic E-state index is 6.30. The monoisotopic (exact) mass is 374 g/mol. The van der Waals surface area contributed by atoms with E-state index in [1.54, 1.807) is 6.20 Å². The van der Waals surface area contributed by atoms with Crippen LogP contribution in [0.4, 0.5) is 0 Å². The fraction of sp³-hybridized carbons (Fsp3) is 0.389. The van der Waals surface area contributed by atoms with E-state index in [0.29, 0.717) is 23.3 Å². The quantitative estimate of drug-likeness (QED) is 0.460. The van der Waals surface area contributed by atoms with Crippen LogP contribution in [0.2, 0.25) is 30.7 Å². The molecule has 0 N–H and O–H groups in total. The van der Waals surface area contributed by atoms with E-state index in [2.05, 4.69) is 34.6 Å². The van der Waals surface area contributed by atoms with E-state index in [4.69, 9.17) is 16.3 Å². The summed E-state index contributed by atoms with van der Waals surface area (Å²) in [6, 6.07) is 7.17. The fourth-order valence-corrected chi connectivity index (χ4v) is 3.52. The summed E-state index contributed by atoms with van der Waals surface area (Å²) >= 11 is 6.30. The molecule has 3 aromatic rings. The van der Waals surface area contributed by atoms with Crippen molar-refractivity contribution in [3.05, 3.63) is 41.6 Å². The van der Waals surface area contributed by atoms with Gasteiger partial charge in [0.05, 0.1) is 28.1 Å². The maximum Gasteiger partial charge on any atom is 0.125 e. The summed E-state index contributed by atoms with van der Waals surface area (Å²) < 4.78 is 7.88. The molecule has 0 saturated carbocycles. The average Bonchev–Trinajstić information content (AvgIpc) is 2.96. The van der Waals surface area contributed by atoms with Crippen molar-refractivity contribution in [3.8, 4) is 11.3 Å². The van der Waals surface area contributed by atoms with E-state index < -0.39 is 8.07 Å². The number of hydrogen-bond donors (Lipinski definition) is 0. The first kappa shape index (κ1) is 18.0. The summed E-state index contributed by atoms with van der Waals surface area (Å²) in [5.74, 6) is 0.686. The van der Waals surface area contributed by atoms with Gasteiger partial charge in [0.25, 0.3) is 0 Å². The highest BCUT2D eigenvalue weighted by Crippen LogP contribution is 2.31. The molecule has 7 heteroatoms. The first-order chi connectivity index (χ1) is 11.8. The van der Waals surface area contributed by atoms with Gasteiger partial charge in [0.1, 0.15) is 12.6 Å². The van der Waals surface area contributed by atoms with E-state index in [1.165, 1.54) is 0 Å². The van der Waals surface area contributed by atoms with Gasteiger partial charge in [-0.05, 0) is 19.0 Å². The normalized spacial score (nSPS) is 12.0. The van der Waals surface area contributed by atoms with Gasteiger partial charge >= 0.3 is 0 Å². The second-order valence-electron chi connectivity index (χ2n) is 7.35. The van der Waals surface area contributed by atoms with Crippen molar-refractivity contribution in [2.24, 2.45) is 0 Å². The summed E-state index contributed by atoms with van der Waals surface area (Å²) in [7, 11) is -1.08. The van der Waals surface area contributed by atoms with Gasteiger partial charge in [-0.1, -0.05) is 43.4 Å². The maximum atomic E-state index is 6.30. The van der Waals surface area contributed by atoms with Crippen molar-refractivity contribution < 1.29 is 4.74 Å². The van der Waals surface area contributed by atoms with Crippen LogP contribution < -0.4 is 0 Å². The third kappa shape index (κ3) is 4.26. The minimum absolute atomic E-state index is 0.501. The molecule has 25 heavy (non-hydrogen) atoms. The zero-order chi connectivity index (χ0) is 18.0. The van der Waals surface area contributed by atoms with Crippen LogP contribution in [0.5, 0.6) is 0 Å². The van der Waals surface area contributed by atoms with Gasteiger partial charge in [-0.15, -0.1) is 0 Å². The predicted octanol–water partition coefficient (Wildman–Crippen LogP) is 4.77. The SMILES string of the molecule is Cc1ncc(Cl)c(-c2cccc3c2ncn3COCC[Si](C)(C)C)n1. The number of fused-ring (bicyclic) bond motifs is 1. The van der Waals surface area contributed by atoms with Crippen LogP contribution in [0, 0.1) is 6.92 Å². The number of ether oxygens (including phenoxy) is 1. The first-order valence-corrected chi connectivity index (χ1v) is 12.4. The molecule has 2 aromatic heterocycles. The molecule has 0 aliphatic heterocycles. The lowest BCUT2D eigenvalue weighted by atomic mass is 10.1. The number of rotatable bonds is 6. The van der Waals surface area contributed by atoms with Crippen LogP contribution in [-0.2, 0) is 11.5 Å². The van der Waals surface area contributed by atoms with Gasteiger partial charge in [0.15, 0.2) is 0 Å². The smallest absolute Gasteiger partial charge is 0.125 e. The minimum atomic E-state index is -1.08. The molecule has 0 amide bonds. The van der Waals surface area contributed by atoms with Crippen molar-refractivity contribution in [1.82, 2.24) is 19.5 Å². The Kier molecular flexibility index (Phi) is 5.22. The second-order valence-corrected chi connectivity index (χ2v) is 13.4. The molecule has 2 heterocycles. The zero-order valence-electron chi connectivity index (χ0n) is 15.1. The number of hydrogen-bond acceptors (Lipinski definition) is 4. The molecule has 0 aliphatic rings. The van der Waals surface area contributed by atoms with Gasteiger partial charge in [-0.25, -0.2) is 15.0 Å². The Bertz CT molecular complexity index is 888. The number of nitrogens with zero attached hydrogens (tertiary/aromatic N) is 4. The summed E-state index contributed by atoms with van der Waals surface area (Å²) in [4.78, 5) is 13.2. The van der Waals surface area contributed by atoms with Gasteiger partial charge in [0.2, 0.25) is 0 Å². The lowest BCUT2D eigenvalue weighted by Gasteiger charge is -2.15. The summed E-state index contributed by atoms with van der Waals surface area (Å²) in [6.45, 7) is 10.2. The Morgan fingerprint density at radius 2 is 2.00 bits per heavy atom. The largest absolute Gasteiger partial charge is 0.361 e. The van der Waals surface area contributed by atoms with Crippen molar-refractivity contribution in [2.75, 3.05) is 6.61 Å². The molecular formula is C18H23ClN4OSi. The Hall–Kier alpha value is -1.76. The molecule has 1 aromatic carbocycles. The Morgan fingerprint density at radius 1 is 1.20 bits per heavy atom. The van der Waals surface area contributed by atoms with Gasteiger partial charge in [-0.2, -0.15) is 0 Å². The number of para-hydroxylation sites is 1. The lowest BCUT2D eigenvalue weighted by Crippen LogP contribution is -2.21. The van der Waals surface area contributed by atoms with Crippen LogP contribution in [0.1, 0.15) is 5.82 Å². The van der Waals surface area contributed by atoms with Crippen LogP contribution in [0.15, 0.2) is 30.7 Å². The highest BCUT2D eigenvalue weighted by molar-refractivity contribution is 6.76. The van der Waals surface area contributed by atoms with E-state index in [0.717, 1.165) is 29.2 Å². The summed E-state index contributed by atoms with van der Waals surface area (Å²) in [5, 5.41) is 0.527. The zero-order valence-corrected chi connectivity index (χ0v) is 16.8. The molecule has 0 aliphatic carbocycles. The molecule has 3 rings (SSSR count). The molecule has 0 bridgehead atoms. The van der Waals surface area contributed by atoms with Crippen LogP contribution in [0.25, 0.3) is 22.3 Å². The van der Waals surface area contributed by atoms with Crippen molar-refractivity contribution in [3.63, 3.8) is 0 Å². The topological polar surface area (TPSA) is 52.8 Å². The Morgan fingerprint density at radius 3 is 2.76 bits per heavy atom. The van der Waals surface area contributed by atoms with Gasteiger partial charge in [-0.3, -0.25) is 0 Å². The van der Waals surface area contributed by atoms with Gasteiger partial charge < -0.3 is 9.30 Å². The highest BCUT2D eigenvalue weighted by atomic mass is 35.5. The fourth-order valence-electron chi connectivity index (χ4n) is 2.57. The van der Waals surface area contributed by atoms with E-state index in [9.17, 15) is 0 Å². The number of aryl methyl sites for hydroxylation is 1. The minimum Gasteiger partial charge on any atom is -0.361 e. The number of imidazole rings is 1. The molecule has 0 fully saturated rings. The third-order valence-electron chi connectivity index (χ3n) is 4.00. The Balaban J connectivity index is 1.86. The number of halogens is 1. The molecule has 132 valence electrons. The number of aromatic nitrogens is 4. The van der Waals surface area contributed by atoms with E-state index in [1.807, 2.05) is 36.0 Å². The second kappa shape index (κ2) is 7.23. The van der Waals surface area contributed by atoms with Crippen LogP contribution in [-0.4, -0.2) is 34.2 Å². The third-order valence-corrected chi connectivity index (χ3v) is 5.98. The molecule has 0 atom stereocenters. The average molecular weight is 375 g/mol. The van der Waals surface area contributed by atoms with Gasteiger partial charge in [0, 0.05) is 26.4 Å². The molecule has 0 radical (unpaired) electrons. The Labute approximate surface area is 154 Å². The van der Waals surface area contributed by atoms with E-state index >= 15 is 0 Å². The molecule has 0 saturated heterocycles. The van der Waals surface area contributed by atoms with E-state index in [-0.39, 0.29) is 0 Å².